The molecule has 0 saturated carbocycles. The fourth-order valence-electron chi connectivity index (χ4n) is 2.02. The van der Waals surface area contributed by atoms with Gasteiger partial charge in [-0.3, -0.25) is 5.10 Å². The van der Waals surface area contributed by atoms with Crippen LogP contribution in [0.25, 0.3) is 11.3 Å². The monoisotopic (exact) mass is 264 g/mol. The maximum absolute atomic E-state index is 4.03. The molecule has 1 aromatic carbocycles. The van der Waals surface area contributed by atoms with E-state index in [1.54, 1.807) is 6.20 Å². The molecule has 0 spiro atoms. The summed E-state index contributed by atoms with van der Waals surface area (Å²) in [6.45, 7) is 6.37. The molecule has 1 heterocycles. The molecule has 0 aliphatic heterocycles. The predicted octanol–water partition coefficient (Wildman–Crippen LogP) is 3.76. The molecule has 1 aromatic heterocycles. The number of halogens is 1. The van der Waals surface area contributed by atoms with Crippen molar-refractivity contribution in [3.8, 4) is 11.3 Å². The third kappa shape index (κ3) is 1.84. The summed E-state index contributed by atoms with van der Waals surface area (Å²) in [4.78, 5) is 0. The number of nitrogens with one attached hydrogen (secondary N) is 1. The SMILES string of the molecule is Cc1cc(C)c(-c2[nH]ncc2Br)c(C)c1. The summed E-state index contributed by atoms with van der Waals surface area (Å²) < 4.78 is 1.01. The first-order valence-electron chi connectivity index (χ1n) is 4.86. The second-order valence-corrected chi connectivity index (χ2v) is 4.72. The van der Waals surface area contributed by atoms with E-state index in [0.717, 1.165) is 10.2 Å². The van der Waals surface area contributed by atoms with Crippen LogP contribution in [0.3, 0.4) is 0 Å². The van der Waals surface area contributed by atoms with Gasteiger partial charge in [-0.05, 0) is 47.8 Å². The van der Waals surface area contributed by atoms with Crippen molar-refractivity contribution in [2.45, 2.75) is 20.8 Å². The van der Waals surface area contributed by atoms with Crippen molar-refractivity contribution in [2.24, 2.45) is 0 Å². The van der Waals surface area contributed by atoms with Crippen LogP contribution in [0.15, 0.2) is 22.8 Å². The van der Waals surface area contributed by atoms with Crippen LogP contribution in [0.1, 0.15) is 16.7 Å². The second-order valence-electron chi connectivity index (χ2n) is 3.87. The Morgan fingerprint density at radius 2 is 1.73 bits per heavy atom. The van der Waals surface area contributed by atoms with E-state index in [1.807, 2.05) is 0 Å². The highest BCUT2D eigenvalue weighted by Gasteiger charge is 2.11. The van der Waals surface area contributed by atoms with Crippen molar-refractivity contribution < 1.29 is 0 Å². The second kappa shape index (κ2) is 3.81. The number of hydrogen-bond donors (Lipinski definition) is 1. The number of aromatic amines is 1. The van der Waals surface area contributed by atoms with Crippen LogP contribution in [0, 0.1) is 20.8 Å². The van der Waals surface area contributed by atoms with E-state index in [9.17, 15) is 0 Å². The van der Waals surface area contributed by atoms with Gasteiger partial charge in [0.15, 0.2) is 0 Å². The number of H-pyrrole nitrogens is 1. The Balaban J connectivity index is 2.68. The van der Waals surface area contributed by atoms with Crippen molar-refractivity contribution in [1.29, 1.82) is 0 Å². The molecular formula is C12H13BrN2. The number of aryl methyl sites for hydroxylation is 3. The normalized spacial score (nSPS) is 10.7. The maximum atomic E-state index is 4.03. The molecule has 0 radical (unpaired) electrons. The van der Waals surface area contributed by atoms with Crippen molar-refractivity contribution >= 4 is 15.9 Å². The largest absolute Gasteiger partial charge is 0.277 e. The summed E-state index contributed by atoms with van der Waals surface area (Å²) in [5.74, 6) is 0. The van der Waals surface area contributed by atoms with Crippen molar-refractivity contribution in [1.82, 2.24) is 10.2 Å². The molecule has 0 bridgehead atoms. The minimum atomic E-state index is 1.01. The molecular weight excluding hydrogens is 252 g/mol. The molecule has 1 N–H and O–H groups in total. The molecule has 0 aliphatic rings. The Hall–Kier alpha value is -1.09. The van der Waals surface area contributed by atoms with Crippen LogP contribution in [0.5, 0.6) is 0 Å². The van der Waals surface area contributed by atoms with E-state index in [4.69, 9.17) is 0 Å². The summed E-state index contributed by atoms with van der Waals surface area (Å²) in [6.07, 6.45) is 1.79. The highest BCUT2D eigenvalue weighted by molar-refractivity contribution is 9.10. The minimum Gasteiger partial charge on any atom is -0.277 e. The Labute approximate surface area is 97.8 Å². The fraction of sp³-hybridized carbons (Fsp3) is 0.250. The summed E-state index contributed by atoms with van der Waals surface area (Å²) in [5.41, 5.74) is 6.15. The Morgan fingerprint density at radius 3 is 2.20 bits per heavy atom. The lowest BCUT2D eigenvalue weighted by atomic mass is 9.97. The third-order valence-electron chi connectivity index (χ3n) is 2.52. The van der Waals surface area contributed by atoms with Gasteiger partial charge in [-0.2, -0.15) is 5.10 Å². The number of benzene rings is 1. The van der Waals surface area contributed by atoms with Gasteiger partial charge in [-0.1, -0.05) is 17.7 Å². The molecule has 0 amide bonds. The number of hydrogen-bond acceptors (Lipinski definition) is 1. The molecule has 15 heavy (non-hydrogen) atoms. The van der Waals surface area contributed by atoms with Crippen molar-refractivity contribution in [3.63, 3.8) is 0 Å². The van der Waals surface area contributed by atoms with Crippen LogP contribution in [0.4, 0.5) is 0 Å². The Kier molecular flexibility index (Phi) is 2.65. The van der Waals surface area contributed by atoms with Gasteiger partial charge in [0, 0.05) is 5.56 Å². The van der Waals surface area contributed by atoms with Crippen LogP contribution in [-0.2, 0) is 0 Å². The van der Waals surface area contributed by atoms with Crippen LogP contribution in [0.2, 0.25) is 0 Å². The van der Waals surface area contributed by atoms with Gasteiger partial charge in [0.2, 0.25) is 0 Å². The van der Waals surface area contributed by atoms with Gasteiger partial charge in [-0.25, -0.2) is 0 Å². The van der Waals surface area contributed by atoms with Gasteiger partial charge >= 0.3 is 0 Å². The van der Waals surface area contributed by atoms with E-state index in [1.165, 1.54) is 22.3 Å². The zero-order valence-corrected chi connectivity index (χ0v) is 10.6. The summed E-state index contributed by atoms with van der Waals surface area (Å²) >= 11 is 3.50. The van der Waals surface area contributed by atoms with Crippen LogP contribution < -0.4 is 0 Å². The molecule has 2 rings (SSSR count). The van der Waals surface area contributed by atoms with Crippen molar-refractivity contribution in [3.05, 3.63) is 39.5 Å². The first-order chi connectivity index (χ1) is 7.09. The molecule has 0 atom stereocenters. The lowest BCUT2D eigenvalue weighted by Crippen LogP contribution is -1.91. The molecule has 0 fully saturated rings. The zero-order chi connectivity index (χ0) is 11.0. The average molecular weight is 265 g/mol. The fourth-order valence-corrected chi connectivity index (χ4v) is 2.41. The Morgan fingerprint density at radius 1 is 1.13 bits per heavy atom. The molecule has 2 nitrogen and oxygen atoms in total. The van der Waals surface area contributed by atoms with E-state index in [-0.39, 0.29) is 0 Å². The first-order valence-corrected chi connectivity index (χ1v) is 5.66. The minimum absolute atomic E-state index is 1.01. The van der Waals surface area contributed by atoms with Gasteiger partial charge in [0.25, 0.3) is 0 Å². The summed E-state index contributed by atoms with van der Waals surface area (Å²) in [5, 5.41) is 7.06. The quantitative estimate of drug-likeness (QED) is 0.835. The zero-order valence-electron chi connectivity index (χ0n) is 9.06. The highest BCUT2D eigenvalue weighted by atomic mass is 79.9. The summed E-state index contributed by atoms with van der Waals surface area (Å²) in [6, 6.07) is 4.38. The van der Waals surface area contributed by atoms with Crippen molar-refractivity contribution in [2.75, 3.05) is 0 Å². The molecule has 2 aromatic rings. The van der Waals surface area contributed by atoms with Gasteiger partial charge in [0.05, 0.1) is 16.4 Å². The average Bonchev–Trinajstić information content (AvgIpc) is 2.50. The molecule has 0 saturated heterocycles. The van der Waals surface area contributed by atoms with E-state index in [2.05, 4.69) is 59.0 Å². The molecule has 3 heteroatoms. The molecule has 78 valence electrons. The number of rotatable bonds is 1. The number of nitrogens with zero attached hydrogens (tertiary/aromatic N) is 1. The number of aromatic nitrogens is 2. The predicted molar refractivity (Wildman–Crippen MR) is 65.9 cm³/mol. The van der Waals surface area contributed by atoms with E-state index >= 15 is 0 Å². The lowest BCUT2D eigenvalue weighted by Gasteiger charge is -2.09. The van der Waals surface area contributed by atoms with Gasteiger partial charge in [0.1, 0.15) is 0 Å². The van der Waals surface area contributed by atoms with E-state index < -0.39 is 0 Å². The Bertz CT molecular complexity index is 477. The van der Waals surface area contributed by atoms with Gasteiger partial charge < -0.3 is 0 Å². The van der Waals surface area contributed by atoms with Crippen LogP contribution in [-0.4, -0.2) is 10.2 Å². The first kappa shape index (κ1) is 10.4. The molecule has 0 unspecified atom stereocenters. The molecule has 0 aliphatic carbocycles. The maximum Gasteiger partial charge on any atom is 0.0797 e. The highest BCUT2D eigenvalue weighted by Crippen LogP contribution is 2.31. The topological polar surface area (TPSA) is 28.7 Å². The lowest BCUT2D eigenvalue weighted by molar-refractivity contribution is 1.09. The smallest absolute Gasteiger partial charge is 0.0797 e. The third-order valence-corrected chi connectivity index (χ3v) is 3.12. The van der Waals surface area contributed by atoms with E-state index in [0.29, 0.717) is 0 Å². The van der Waals surface area contributed by atoms with Crippen LogP contribution >= 0.6 is 15.9 Å². The standard InChI is InChI=1S/C12H13BrN2/c1-7-4-8(2)11(9(3)5-7)12-10(13)6-14-15-12/h4-6H,1-3H3,(H,14,15). The summed E-state index contributed by atoms with van der Waals surface area (Å²) in [7, 11) is 0. The van der Waals surface area contributed by atoms with Gasteiger partial charge in [-0.15, -0.1) is 0 Å².